The summed E-state index contributed by atoms with van der Waals surface area (Å²) in [7, 11) is 1.49. The molecule has 0 spiro atoms. The first kappa shape index (κ1) is 12.4. The van der Waals surface area contributed by atoms with Gasteiger partial charge in [0, 0.05) is 6.54 Å². The Bertz CT molecular complexity index is 354. The van der Waals surface area contributed by atoms with Gasteiger partial charge in [0.25, 0.3) is 0 Å². The molecule has 0 aromatic heterocycles. The number of hydrogen-bond donors (Lipinski definition) is 1. The predicted molar refractivity (Wildman–Crippen MR) is 61.4 cm³/mol. The third-order valence-corrected chi connectivity index (χ3v) is 4.29. The Labute approximate surface area is 90.7 Å². The van der Waals surface area contributed by atoms with Gasteiger partial charge in [-0.05, 0) is 26.7 Å². The third-order valence-electron chi connectivity index (χ3n) is 2.22. The van der Waals surface area contributed by atoms with E-state index in [-0.39, 0.29) is 0 Å². The number of nitrogens with zero attached hydrogens (tertiary/aromatic N) is 2. The summed E-state index contributed by atoms with van der Waals surface area (Å²) in [6.07, 6.45) is 0. The normalized spacial score (nSPS) is 15.6. The van der Waals surface area contributed by atoms with E-state index in [9.17, 15) is 9.46 Å². The fraction of sp³-hybridized carbons (Fsp3) is 0.400. The van der Waals surface area contributed by atoms with Crippen molar-refractivity contribution in [3.8, 4) is 0 Å². The van der Waals surface area contributed by atoms with Gasteiger partial charge in [0.05, 0.1) is 0 Å². The highest BCUT2D eigenvalue weighted by atomic mass is 31.2. The van der Waals surface area contributed by atoms with Gasteiger partial charge in [0.15, 0.2) is 0 Å². The number of hydrogen-bond acceptors (Lipinski definition) is 1. The molecule has 0 aliphatic rings. The van der Waals surface area contributed by atoms with Crippen LogP contribution in [0.15, 0.2) is 30.3 Å². The largest absolute Gasteiger partial charge is 0.343 e. The van der Waals surface area contributed by atoms with Gasteiger partial charge in [-0.3, -0.25) is 4.57 Å². The molecule has 5 heteroatoms. The molecule has 0 aliphatic carbocycles. The standard InChI is InChI=1S/C10H17N2O2P/c1-11(2)15(13,14)12(3)9-10-7-5-4-6-8-10/h4-8H,9H2,1-3H3,(H,13,14). The lowest BCUT2D eigenvalue weighted by molar-refractivity contribution is 0.322. The monoisotopic (exact) mass is 228 g/mol. The fourth-order valence-corrected chi connectivity index (χ4v) is 2.20. The van der Waals surface area contributed by atoms with Gasteiger partial charge < -0.3 is 4.89 Å². The van der Waals surface area contributed by atoms with Crippen molar-refractivity contribution in [3.05, 3.63) is 35.9 Å². The summed E-state index contributed by atoms with van der Waals surface area (Å²) in [5, 5.41) is 0. The van der Waals surface area contributed by atoms with Crippen LogP contribution in [-0.2, 0) is 11.1 Å². The summed E-state index contributed by atoms with van der Waals surface area (Å²) < 4.78 is 14.6. The van der Waals surface area contributed by atoms with E-state index in [2.05, 4.69) is 0 Å². The SMILES string of the molecule is CN(C)P(=O)(O)N(C)Cc1ccccc1. The lowest BCUT2D eigenvalue weighted by atomic mass is 10.2. The molecule has 1 rings (SSSR count). The van der Waals surface area contributed by atoms with Crippen molar-refractivity contribution in [2.75, 3.05) is 21.1 Å². The van der Waals surface area contributed by atoms with Gasteiger partial charge in [-0.15, -0.1) is 0 Å². The molecule has 0 amide bonds. The average molecular weight is 228 g/mol. The van der Waals surface area contributed by atoms with E-state index in [1.807, 2.05) is 30.3 Å². The molecule has 0 aliphatic heterocycles. The van der Waals surface area contributed by atoms with Crippen molar-refractivity contribution < 1.29 is 9.46 Å². The number of benzene rings is 1. The molecule has 1 unspecified atom stereocenters. The summed E-state index contributed by atoms with van der Waals surface area (Å²) in [6, 6.07) is 9.63. The van der Waals surface area contributed by atoms with E-state index in [0.29, 0.717) is 6.54 Å². The Balaban J connectivity index is 2.72. The molecule has 1 aromatic rings. The highest BCUT2D eigenvalue weighted by Crippen LogP contribution is 2.46. The van der Waals surface area contributed by atoms with Gasteiger partial charge in [-0.1, -0.05) is 30.3 Å². The second kappa shape index (κ2) is 4.90. The van der Waals surface area contributed by atoms with E-state index >= 15 is 0 Å². The first-order valence-electron chi connectivity index (χ1n) is 4.70. The first-order chi connectivity index (χ1) is 6.94. The number of rotatable bonds is 4. The topological polar surface area (TPSA) is 43.8 Å². The van der Waals surface area contributed by atoms with Crippen molar-refractivity contribution in [1.29, 1.82) is 0 Å². The van der Waals surface area contributed by atoms with Crippen molar-refractivity contribution >= 4 is 7.67 Å². The van der Waals surface area contributed by atoms with Gasteiger partial charge in [-0.2, -0.15) is 0 Å². The van der Waals surface area contributed by atoms with Crippen LogP contribution in [-0.4, -0.2) is 35.4 Å². The average Bonchev–Trinajstić information content (AvgIpc) is 2.18. The lowest BCUT2D eigenvalue weighted by Crippen LogP contribution is -2.23. The Morgan fingerprint density at radius 3 is 2.20 bits per heavy atom. The van der Waals surface area contributed by atoms with Crippen LogP contribution in [0.3, 0.4) is 0 Å². The van der Waals surface area contributed by atoms with E-state index in [4.69, 9.17) is 0 Å². The Hall–Kier alpha value is -0.670. The minimum absolute atomic E-state index is 0.465. The smallest absolute Gasteiger partial charge is 0.322 e. The molecule has 1 aromatic carbocycles. The van der Waals surface area contributed by atoms with E-state index in [1.54, 1.807) is 21.1 Å². The molecule has 84 valence electrons. The molecule has 1 atom stereocenters. The minimum atomic E-state index is -3.35. The Kier molecular flexibility index (Phi) is 4.05. The molecule has 15 heavy (non-hydrogen) atoms. The van der Waals surface area contributed by atoms with Gasteiger partial charge in [0.2, 0.25) is 0 Å². The molecule has 0 bridgehead atoms. The van der Waals surface area contributed by atoms with Crippen LogP contribution in [0.25, 0.3) is 0 Å². The Morgan fingerprint density at radius 1 is 1.20 bits per heavy atom. The summed E-state index contributed by atoms with van der Waals surface area (Å²) in [5.41, 5.74) is 1.02. The quantitative estimate of drug-likeness (QED) is 0.798. The summed E-state index contributed by atoms with van der Waals surface area (Å²) in [6.45, 7) is 0.465. The molecule has 0 fully saturated rings. The summed E-state index contributed by atoms with van der Waals surface area (Å²) >= 11 is 0. The van der Waals surface area contributed by atoms with E-state index < -0.39 is 7.67 Å². The second-order valence-electron chi connectivity index (χ2n) is 3.66. The maximum absolute atomic E-state index is 11.8. The molecule has 0 heterocycles. The third kappa shape index (κ3) is 3.14. The zero-order valence-electron chi connectivity index (χ0n) is 9.29. The summed E-state index contributed by atoms with van der Waals surface area (Å²) in [4.78, 5) is 9.73. The molecule has 0 saturated heterocycles. The van der Waals surface area contributed by atoms with E-state index in [0.717, 1.165) is 5.56 Å². The highest BCUT2D eigenvalue weighted by Gasteiger charge is 2.27. The van der Waals surface area contributed by atoms with Crippen LogP contribution in [0.1, 0.15) is 5.56 Å². The van der Waals surface area contributed by atoms with Crippen LogP contribution >= 0.6 is 7.67 Å². The van der Waals surface area contributed by atoms with Crippen molar-refractivity contribution in [2.24, 2.45) is 0 Å². The van der Waals surface area contributed by atoms with Crippen LogP contribution in [0, 0.1) is 0 Å². The van der Waals surface area contributed by atoms with Gasteiger partial charge >= 0.3 is 7.67 Å². The highest BCUT2D eigenvalue weighted by molar-refractivity contribution is 7.52. The Morgan fingerprint density at radius 2 is 1.73 bits per heavy atom. The molecular weight excluding hydrogens is 211 g/mol. The molecule has 4 nitrogen and oxygen atoms in total. The van der Waals surface area contributed by atoms with Crippen LogP contribution in [0.2, 0.25) is 0 Å². The van der Waals surface area contributed by atoms with Gasteiger partial charge in [-0.25, -0.2) is 9.34 Å². The van der Waals surface area contributed by atoms with Crippen LogP contribution in [0.4, 0.5) is 0 Å². The van der Waals surface area contributed by atoms with Crippen molar-refractivity contribution in [1.82, 2.24) is 9.34 Å². The molecule has 0 radical (unpaired) electrons. The summed E-state index contributed by atoms with van der Waals surface area (Å²) in [5.74, 6) is 0. The fourth-order valence-electron chi connectivity index (χ4n) is 1.25. The first-order valence-corrected chi connectivity index (χ1v) is 6.27. The predicted octanol–water partition coefficient (Wildman–Crippen LogP) is 1.78. The zero-order chi connectivity index (χ0) is 11.5. The van der Waals surface area contributed by atoms with Crippen molar-refractivity contribution in [3.63, 3.8) is 0 Å². The van der Waals surface area contributed by atoms with Crippen molar-refractivity contribution in [2.45, 2.75) is 6.54 Å². The lowest BCUT2D eigenvalue weighted by Gasteiger charge is -2.27. The zero-order valence-corrected chi connectivity index (χ0v) is 10.2. The molecular formula is C10H17N2O2P. The van der Waals surface area contributed by atoms with E-state index in [1.165, 1.54) is 9.34 Å². The maximum atomic E-state index is 11.8. The molecule has 1 N–H and O–H groups in total. The second-order valence-corrected chi connectivity index (χ2v) is 6.17. The van der Waals surface area contributed by atoms with Crippen LogP contribution in [0.5, 0.6) is 0 Å². The minimum Gasteiger partial charge on any atom is -0.322 e. The van der Waals surface area contributed by atoms with Crippen LogP contribution < -0.4 is 0 Å². The van der Waals surface area contributed by atoms with Gasteiger partial charge in [0.1, 0.15) is 0 Å². The molecule has 0 saturated carbocycles. The maximum Gasteiger partial charge on any atom is 0.343 e.